The lowest BCUT2D eigenvalue weighted by molar-refractivity contribution is -0.118. The van der Waals surface area contributed by atoms with Crippen LogP contribution in [-0.4, -0.2) is 37.3 Å². The van der Waals surface area contributed by atoms with Gasteiger partial charge in [0.1, 0.15) is 0 Å². The maximum absolute atomic E-state index is 11.6. The zero-order valence-electron chi connectivity index (χ0n) is 7.78. The fourth-order valence-corrected chi connectivity index (χ4v) is 1.09. The molecular weight excluding hydrogens is 217 g/mol. The first-order chi connectivity index (χ1) is 6.45. The second kappa shape index (κ2) is 6.94. The monoisotopic (exact) mass is 230 g/mol. The average molecular weight is 230 g/mol. The van der Waals surface area contributed by atoms with Crippen LogP contribution in [0.3, 0.4) is 0 Å². The first-order valence-corrected chi connectivity index (χ1v) is 5.06. The molecule has 0 heterocycles. The van der Waals surface area contributed by atoms with Crippen LogP contribution in [0.4, 0.5) is 13.2 Å². The van der Waals surface area contributed by atoms with Crippen molar-refractivity contribution in [2.45, 2.75) is 11.9 Å². The van der Waals surface area contributed by atoms with Crippen LogP contribution in [-0.2, 0) is 4.79 Å². The number of amides is 1. The quantitative estimate of drug-likeness (QED) is 0.668. The van der Waals surface area contributed by atoms with E-state index in [9.17, 15) is 18.0 Å². The third-order valence-corrected chi connectivity index (χ3v) is 2.03. The molecule has 7 heteroatoms. The predicted octanol–water partition coefficient (Wildman–Crippen LogP) is 0.965. The van der Waals surface area contributed by atoms with Gasteiger partial charge in [-0.15, -0.1) is 0 Å². The summed E-state index contributed by atoms with van der Waals surface area (Å²) >= 11 is -0.322. The molecule has 0 unspecified atom stereocenters. The minimum absolute atomic E-state index is 0.322. The summed E-state index contributed by atoms with van der Waals surface area (Å²) in [4.78, 5) is 10.8. The van der Waals surface area contributed by atoms with E-state index in [4.69, 9.17) is 0 Å². The van der Waals surface area contributed by atoms with Gasteiger partial charge in [-0.2, -0.15) is 13.2 Å². The number of nitrogens with one attached hydrogen (secondary N) is 2. The third-order valence-electron chi connectivity index (χ3n) is 1.29. The van der Waals surface area contributed by atoms with E-state index in [1.165, 1.54) is 0 Å². The molecular formula is C7H13F3N2OS. The van der Waals surface area contributed by atoms with Gasteiger partial charge in [-0.05, 0) is 31.8 Å². The van der Waals surface area contributed by atoms with Gasteiger partial charge in [-0.3, -0.25) is 4.79 Å². The van der Waals surface area contributed by atoms with Gasteiger partial charge in [0.25, 0.3) is 0 Å². The molecule has 0 radical (unpaired) electrons. The van der Waals surface area contributed by atoms with E-state index >= 15 is 0 Å². The Balaban J connectivity index is 3.38. The van der Waals surface area contributed by atoms with Crippen LogP contribution in [0.15, 0.2) is 0 Å². The number of thioether (sulfide) groups is 1. The summed E-state index contributed by atoms with van der Waals surface area (Å²) in [5.41, 5.74) is -4.33. The number of rotatable bonds is 6. The summed E-state index contributed by atoms with van der Waals surface area (Å²) in [7, 11) is 1.77. The molecule has 0 atom stereocenters. The van der Waals surface area contributed by atoms with Gasteiger partial charge >= 0.3 is 5.51 Å². The summed E-state index contributed by atoms with van der Waals surface area (Å²) in [5.74, 6) is -1.15. The van der Waals surface area contributed by atoms with Gasteiger partial charge in [-0.25, -0.2) is 0 Å². The van der Waals surface area contributed by atoms with E-state index in [0.29, 0.717) is 13.0 Å². The molecule has 0 rings (SSSR count). The molecule has 2 N–H and O–H groups in total. The Kier molecular flexibility index (Phi) is 6.73. The molecule has 0 aromatic rings. The van der Waals surface area contributed by atoms with Crippen molar-refractivity contribution in [3.05, 3.63) is 0 Å². The first kappa shape index (κ1) is 13.6. The zero-order chi connectivity index (χ0) is 11.0. The lowest BCUT2D eigenvalue weighted by Gasteiger charge is -2.06. The van der Waals surface area contributed by atoms with Crippen molar-refractivity contribution in [2.75, 3.05) is 25.9 Å². The fraction of sp³-hybridized carbons (Fsp3) is 0.857. The van der Waals surface area contributed by atoms with Crippen LogP contribution in [0.5, 0.6) is 0 Å². The highest BCUT2D eigenvalue weighted by Crippen LogP contribution is 2.29. The van der Waals surface area contributed by atoms with Crippen molar-refractivity contribution >= 4 is 17.7 Å². The summed E-state index contributed by atoms with van der Waals surface area (Å²) in [5, 5.41) is 5.25. The highest BCUT2D eigenvalue weighted by molar-refractivity contribution is 8.00. The van der Waals surface area contributed by atoms with E-state index in [1.54, 1.807) is 7.05 Å². The van der Waals surface area contributed by atoms with Gasteiger partial charge in [0, 0.05) is 6.54 Å². The Morgan fingerprint density at radius 2 is 2.00 bits per heavy atom. The maximum atomic E-state index is 11.6. The van der Waals surface area contributed by atoms with Crippen LogP contribution < -0.4 is 10.6 Å². The molecule has 1 amide bonds. The third kappa shape index (κ3) is 9.66. The minimum Gasteiger partial charge on any atom is -0.355 e. The van der Waals surface area contributed by atoms with E-state index in [2.05, 4.69) is 10.6 Å². The molecule has 0 aromatic heterocycles. The van der Waals surface area contributed by atoms with Gasteiger partial charge in [0.05, 0.1) is 5.75 Å². The van der Waals surface area contributed by atoms with Gasteiger partial charge in [-0.1, -0.05) is 0 Å². The Bertz CT molecular complexity index is 175. The van der Waals surface area contributed by atoms with E-state index in [1.807, 2.05) is 0 Å². The van der Waals surface area contributed by atoms with Crippen LogP contribution in [0.2, 0.25) is 0 Å². The van der Waals surface area contributed by atoms with Gasteiger partial charge in [0.15, 0.2) is 0 Å². The van der Waals surface area contributed by atoms with Crippen molar-refractivity contribution in [1.29, 1.82) is 0 Å². The van der Waals surface area contributed by atoms with Gasteiger partial charge < -0.3 is 10.6 Å². The topological polar surface area (TPSA) is 41.1 Å². The Morgan fingerprint density at radius 1 is 1.36 bits per heavy atom. The number of hydrogen-bond acceptors (Lipinski definition) is 3. The zero-order valence-corrected chi connectivity index (χ0v) is 8.60. The number of carbonyl (C=O) groups excluding carboxylic acids is 1. The van der Waals surface area contributed by atoms with Gasteiger partial charge in [0.2, 0.25) is 5.91 Å². The number of halogens is 3. The maximum Gasteiger partial charge on any atom is 0.442 e. The second-order valence-corrected chi connectivity index (χ2v) is 3.58. The highest BCUT2D eigenvalue weighted by Gasteiger charge is 2.28. The molecule has 0 aromatic carbocycles. The predicted molar refractivity (Wildman–Crippen MR) is 50.1 cm³/mol. The number of alkyl halides is 3. The summed E-state index contributed by atoms with van der Waals surface area (Å²) < 4.78 is 34.9. The van der Waals surface area contributed by atoms with Crippen LogP contribution in [0, 0.1) is 0 Å². The molecule has 0 saturated carbocycles. The first-order valence-electron chi connectivity index (χ1n) is 4.07. The smallest absolute Gasteiger partial charge is 0.355 e. The van der Waals surface area contributed by atoms with E-state index in [-0.39, 0.29) is 11.8 Å². The Labute approximate surface area is 84.8 Å². The normalized spacial score (nSPS) is 11.4. The molecule has 84 valence electrons. The highest BCUT2D eigenvalue weighted by atomic mass is 32.2. The van der Waals surface area contributed by atoms with Crippen molar-refractivity contribution in [3.8, 4) is 0 Å². The van der Waals surface area contributed by atoms with Crippen LogP contribution in [0.1, 0.15) is 6.42 Å². The standard InChI is InChI=1S/C7H13F3N2OS/c1-11-3-2-4-12-6(13)5-14-7(8,9)10/h11H,2-5H2,1H3,(H,12,13). The molecule has 14 heavy (non-hydrogen) atoms. The Hall–Kier alpha value is -0.430. The summed E-state index contributed by atoms with van der Waals surface area (Å²) in [6.45, 7) is 1.13. The van der Waals surface area contributed by atoms with Crippen LogP contribution in [0.25, 0.3) is 0 Å². The minimum atomic E-state index is -4.33. The lowest BCUT2D eigenvalue weighted by Crippen LogP contribution is -2.28. The van der Waals surface area contributed by atoms with E-state index in [0.717, 1.165) is 6.54 Å². The molecule has 3 nitrogen and oxygen atoms in total. The molecule has 0 saturated heterocycles. The molecule has 0 spiro atoms. The van der Waals surface area contributed by atoms with Crippen molar-refractivity contribution < 1.29 is 18.0 Å². The van der Waals surface area contributed by atoms with Crippen LogP contribution >= 0.6 is 11.8 Å². The Morgan fingerprint density at radius 3 is 2.50 bits per heavy atom. The SMILES string of the molecule is CNCCCNC(=O)CSC(F)(F)F. The summed E-state index contributed by atoms with van der Waals surface area (Å²) in [6.07, 6.45) is 0.707. The number of hydrogen-bond donors (Lipinski definition) is 2. The van der Waals surface area contributed by atoms with Crippen molar-refractivity contribution in [2.24, 2.45) is 0 Å². The van der Waals surface area contributed by atoms with Crippen molar-refractivity contribution in [3.63, 3.8) is 0 Å². The van der Waals surface area contributed by atoms with E-state index < -0.39 is 17.2 Å². The lowest BCUT2D eigenvalue weighted by atomic mass is 10.4. The number of carbonyl (C=O) groups is 1. The average Bonchev–Trinajstić information content (AvgIpc) is 2.08. The molecule has 0 aliphatic heterocycles. The summed E-state index contributed by atoms with van der Waals surface area (Å²) in [6, 6.07) is 0. The molecule has 0 bridgehead atoms. The molecule has 0 aliphatic rings. The molecule has 0 fully saturated rings. The second-order valence-electron chi connectivity index (χ2n) is 2.54. The fourth-order valence-electron chi connectivity index (χ4n) is 0.691. The van der Waals surface area contributed by atoms with Crippen molar-refractivity contribution in [1.82, 2.24) is 10.6 Å². The largest absolute Gasteiger partial charge is 0.442 e. The molecule has 0 aliphatic carbocycles.